The lowest BCUT2D eigenvalue weighted by atomic mass is 9.93. The summed E-state index contributed by atoms with van der Waals surface area (Å²) < 4.78 is 16.9. The zero-order chi connectivity index (χ0) is 23.4. The van der Waals surface area contributed by atoms with Gasteiger partial charge in [-0.15, -0.1) is 0 Å². The average molecular weight is 448 g/mol. The Morgan fingerprint density at radius 1 is 0.879 bits per heavy atom. The van der Waals surface area contributed by atoms with Crippen LogP contribution in [0.25, 0.3) is 11.1 Å². The van der Waals surface area contributed by atoms with E-state index < -0.39 is 12.0 Å². The number of carbonyl (C=O) groups is 1. The van der Waals surface area contributed by atoms with Crippen molar-refractivity contribution in [1.82, 2.24) is 4.90 Å². The molecule has 0 spiro atoms. The summed E-state index contributed by atoms with van der Waals surface area (Å²) in [7, 11) is 4.75. The van der Waals surface area contributed by atoms with Crippen LogP contribution in [-0.4, -0.2) is 49.9 Å². The van der Waals surface area contributed by atoms with Crippen molar-refractivity contribution in [3.05, 3.63) is 77.9 Å². The molecular formula is C27H29NO5. The molecular weight excluding hydrogens is 418 g/mol. The summed E-state index contributed by atoms with van der Waals surface area (Å²) in [4.78, 5) is 14.1. The largest absolute Gasteiger partial charge is 0.493 e. The Hall–Kier alpha value is -3.51. The Kier molecular flexibility index (Phi) is 6.84. The SMILES string of the molecule is COc1ccc(C(c2ccc(-c3ccccc3)cc2)N2CCCC2C(=O)O)c(OC)c1OC. The lowest BCUT2D eigenvalue weighted by Gasteiger charge is -2.33. The van der Waals surface area contributed by atoms with Crippen molar-refractivity contribution in [2.24, 2.45) is 0 Å². The lowest BCUT2D eigenvalue weighted by molar-refractivity contribution is -0.142. The van der Waals surface area contributed by atoms with Crippen LogP contribution < -0.4 is 14.2 Å². The van der Waals surface area contributed by atoms with E-state index in [9.17, 15) is 9.90 Å². The Morgan fingerprint density at radius 3 is 2.15 bits per heavy atom. The van der Waals surface area contributed by atoms with Gasteiger partial charge in [0.05, 0.1) is 27.4 Å². The minimum atomic E-state index is -0.808. The summed E-state index contributed by atoms with van der Waals surface area (Å²) in [5, 5.41) is 9.91. The lowest BCUT2D eigenvalue weighted by Crippen LogP contribution is -2.39. The molecule has 2 unspecified atom stereocenters. The maximum atomic E-state index is 12.1. The van der Waals surface area contributed by atoms with Crippen LogP contribution in [-0.2, 0) is 4.79 Å². The highest BCUT2D eigenvalue weighted by atomic mass is 16.5. The predicted octanol–water partition coefficient (Wildman–Crippen LogP) is 5.02. The van der Waals surface area contributed by atoms with E-state index in [0.717, 1.165) is 28.7 Å². The van der Waals surface area contributed by atoms with Crippen LogP contribution in [0.1, 0.15) is 30.0 Å². The van der Waals surface area contributed by atoms with Gasteiger partial charge in [0.1, 0.15) is 6.04 Å². The molecule has 0 amide bonds. The van der Waals surface area contributed by atoms with Crippen LogP contribution in [0, 0.1) is 0 Å². The molecule has 0 aromatic heterocycles. The van der Waals surface area contributed by atoms with Crippen LogP contribution in [0.2, 0.25) is 0 Å². The highest BCUT2D eigenvalue weighted by molar-refractivity contribution is 5.74. The van der Waals surface area contributed by atoms with Gasteiger partial charge in [-0.3, -0.25) is 9.69 Å². The van der Waals surface area contributed by atoms with E-state index in [4.69, 9.17) is 14.2 Å². The third-order valence-corrected chi connectivity index (χ3v) is 6.27. The molecule has 6 nitrogen and oxygen atoms in total. The molecule has 0 bridgehead atoms. The maximum Gasteiger partial charge on any atom is 0.320 e. The zero-order valence-corrected chi connectivity index (χ0v) is 19.2. The van der Waals surface area contributed by atoms with Gasteiger partial charge in [-0.2, -0.15) is 0 Å². The molecule has 1 saturated heterocycles. The molecule has 3 aromatic carbocycles. The Morgan fingerprint density at radius 2 is 1.55 bits per heavy atom. The number of benzene rings is 3. The number of rotatable bonds is 8. The topological polar surface area (TPSA) is 68.2 Å². The van der Waals surface area contributed by atoms with E-state index in [2.05, 4.69) is 36.4 Å². The quantitative estimate of drug-likeness (QED) is 0.523. The molecule has 1 heterocycles. The van der Waals surface area contributed by atoms with Crippen molar-refractivity contribution in [1.29, 1.82) is 0 Å². The van der Waals surface area contributed by atoms with Crippen LogP contribution >= 0.6 is 0 Å². The van der Waals surface area contributed by atoms with Gasteiger partial charge in [0.15, 0.2) is 11.5 Å². The highest BCUT2D eigenvalue weighted by Gasteiger charge is 2.38. The van der Waals surface area contributed by atoms with Crippen molar-refractivity contribution in [2.45, 2.75) is 24.9 Å². The summed E-state index contributed by atoms with van der Waals surface area (Å²) in [5.74, 6) is 0.796. The number of hydrogen-bond donors (Lipinski definition) is 1. The van der Waals surface area contributed by atoms with Crippen LogP contribution in [0.15, 0.2) is 66.7 Å². The van der Waals surface area contributed by atoms with Gasteiger partial charge in [0, 0.05) is 12.1 Å². The first-order chi connectivity index (χ1) is 16.1. The number of aliphatic carboxylic acids is 1. The average Bonchev–Trinajstić information content (AvgIpc) is 3.34. The second-order valence-electron chi connectivity index (χ2n) is 8.05. The summed E-state index contributed by atoms with van der Waals surface area (Å²) >= 11 is 0. The van der Waals surface area contributed by atoms with Crippen molar-refractivity contribution in [2.75, 3.05) is 27.9 Å². The summed E-state index contributed by atoms with van der Waals surface area (Å²) in [6.45, 7) is 0.680. The van der Waals surface area contributed by atoms with Gasteiger partial charge in [-0.25, -0.2) is 0 Å². The highest BCUT2D eigenvalue weighted by Crippen LogP contribution is 2.46. The number of hydrogen-bond acceptors (Lipinski definition) is 5. The van der Waals surface area contributed by atoms with E-state index in [1.54, 1.807) is 21.3 Å². The van der Waals surface area contributed by atoms with Crippen LogP contribution in [0.5, 0.6) is 17.2 Å². The Balaban J connectivity index is 1.84. The third-order valence-electron chi connectivity index (χ3n) is 6.27. The van der Waals surface area contributed by atoms with Crippen LogP contribution in [0.3, 0.4) is 0 Å². The zero-order valence-electron chi connectivity index (χ0n) is 19.2. The monoisotopic (exact) mass is 447 g/mol. The molecule has 1 aliphatic heterocycles. The Labute approximate surface area is 194 Å². The summed E-state index contributed by atoms with van der Waals surface area (Å²) in [6.07, 6.45) is 1.44. The fourth-order valence-electron chi connectivity index (χ4n) is 4.74. The molecule has 1 fully saturated rings. The first-order valence-electron chi connectivity index (χ1n) is 11.0. The van der Waals surface area contributed by atoms with Crippen molar-refractivity contribution >= 4 is 5.97 Å². The molecule has 33 heavy (non-hydrogen) atoms. The van der Waals surface area contributed by atoms with Gasteiger partial charge in [-0.1, -0.05) is 54.6 Å². The van der Waals surface area contributed by atoms with Gasteiger partial charge in [0.25, 0.3) is 0 Å². The van der Waals surface area contributed by atoms with Gasteiger partial charge >= 0.3 is 5.97 Å². The molecule has 4 rings (SSSR count). The molecule has 0 saturated carbocycles. The predicted molar refractivity (Wildman–Crippen MR) is 127 cm³/mol. The van der Waals surface area contributed by atoms with E-state index in [1.165, 1.54) is 0 Å². The number of likely N-dealkylation sites (tertiary alicyclic amines) is 1. The van der Waals surface area contributed by atoms with E-state index in [-0.39, 0.29) is 6.04 Å². The molecule has 3 aromatic rings. The number of ether oxygens (including phenoxy) is 3. The van der Waals surface area contributed by atoms with E-state index in [1.807, 2.05) is 35.2 Å². The van der Waals surface area contributed by atoms with Crippen molar-refractivity contribution < 1.29 is 24.1 Å². The second kappa shape index (κ2) is 9.96. The maximum absolute atomic E-state index is 12.1. The van der Waals surface area contributed by atoms with Gasteiger partial charge < -0.3 is 19.3 Å². The third kappa shape index (κ3) is 4.39. The fourth-order valence-corrected chi connectivity index (χ4v) is 4.74. The molecule has 0 radical (unpaired) electrons. The summed E-state index contributed by atoms with van der Waals surface area (Å²) in [5.41, 5.74) is 4.08. The molecule has 172 valence electrons. The summed E-state index contributed by atoms with van der Waals surface area (Å²) in [6, 6.07) is 21.4. The fraction of sp³-hybridized carbons (Fsp3) is 0.296. The van der Waals surface area contributed by atoms with Crippen molar-refractivity contribution in [3.63, 3.8) is 0 Å². The molecule has 1 aliphatic rings. The number of carboxylic acid groups (broad SMARTS) is 1. The second-order valence-corrected chi connectivity index (χ2v) is 8.05. The first-order valence-corrected chi connectivity index (χ1v) is 11.0. The van der Waals surface area contributed by atoms with E-state index in [0.29, 0.717) is 30.2 Å². The molecule has 0 aliphatic carbocycles. The van der Waals surface area contributed by atoms with E-state index >= 15 is 0 Å². The minimum Gasteiger partial charge on any atom is -0.493 e. The molecule has 2 atom stereocenters. The van der Waals surface area contributed by atoms with Gasteiger partial charge in [0.2, 0.25) is 5.75 Å². The molecule has 6 heteroatoms. The molecule has 1 N–H and O–H groups in total. The standard InChI is InChI=1S/C27H29NO5/c1-31-23-16-15-21(25(32-2)26(23)33-3)24(28-17-7-10-22(28)27(29)30)20-13-11-19(12-14-20)18-8-5-4-6-9-18/h4-6,8-9,11-16,22,24H,7,10,17H2,1-3H3,(H,29,30). The normalized spacial score (nSPS) is 16.9. The number of nitrogens with zero attached hydrogens (tertiary/aromatic N) is 1. The number of methoxy groups -OCH3 is 3. The number of carboxylic acids is 1. The van der Waals surface area contributed by atoms with Crippen molar-refractivity contribution in [3.8, 4) is 28.4 Å². The Bertz CT molecular complexity index is 1100. The first kappa shape index (κ1) is 22.7. The van der Waals surface area contributed by atoms with Crippen LogP contribution in [0.4, 0.5) is 0 Å². The van der Waals surface area contributed by atoms with Gasteiger partial charge in [-0.05, 0) is 41.7 Å². The minimum absolute atomic E-state index is 0.312. The smallest absolute Gasteiger partial charge is 0.320 e.